The summed E-state index contributed by atoms with van der Waals surface area (Å²) in [6.07, 6.45) is 7.78. The van der Waals surface area contributed by atoms with Gasteiger partial charge in [0.25, 0.3) is 0 Å². The fourth-order valence-electron chi connectivity index (χ4n) is 3.86. The van der Waals surface area contributed by atoms with Crippen molar-refractivity contribution >= 4 is 5.91 Å². The number of likely N-dealkylation sites (tertiary alicyclic amines) is 2. The minimum Gasteiger partial charge on any atom is -0.336 e. The lowest BCUT2D eigenvalue weighted by atomic mass is 9.73. The standard InChI is InChI=1S/C17H26N4O/c1-3-20-8-4-6-17(12-20)7-5-16(22)21(13-17)11-15-10-18-14(2)9-19-15/h9-10H,3-8,11-13H2,1-2H3/t17-/m0/s1. The van der Waals surface area contributed by atoms with Crippen molar-refractivity contribution in [3.63, 3.8) is 0 Å². The topological polar surface area (TPSA) is 49.3 Å². The van der Waals surface area contributed by atoms with Gasteiger partial charge in [-0.2, -0.15) is 0 Å². The summed E-state index contributed by atoms with van der Waals surface area (Å²) in [6, 6.07) is 0. The molecule has 1 aromatic heterocycles. The van der Waals surface area contributed by atoms with E-state index < -0.39 is 0 Å². The van der Waals surface area contributed by atoms with E-state index in [2.05, 4.69) is 21.8 Å². The highest BCUT2D eigenvalue weighted by Gasteiger charge is 2.41. The third-order valence-corrected chi connectivity index (χ3v) is 5.12. The van der Waals surface area contributed by atoms with Gasteiger partial charge in [-0.25, -0.2) is 0 Å². The molecular formula is C17H26N4O. The van der Waals surface area contributed by atoms with Crippen molar-refractivity contribution in [1.29, 1.82) is 0 Å². The first-order chi connectivity index (χ1) is 10.6. The first kappa shape index (κ1) is 15.4. The molecule has 1 atom stereocenters. The van der Waals surface area contributed by atoms with Gasteiger partial charge in [0.15, 0.2) is 0 Å². The molecule has 1 aromatic rings. The Morgan fingerprint density at radius 2 is 2.09 bits per heavy atom. The summed E-state index contributed by atoms with van der Waals surface area (Å²) in [5.41, 5.74) is 2.09. The smallest absolute Gasteiger partial charge is 0.222 e. The van der Waals surface area contributed by atoms with Crippen LogP contribution >= 0.6 is 0 Å². The fraction of sp³-hybridized carbons (Fsp3) is 0.706. The van der Waals surface area contributed by atoms with Crippen LogP contribution in [0.5, 0.6) is 0 Å². The number of nitrogens with zero attached hydrogens (tertiary/aromatic N) is 4. The zero-order valence-corrected chi connectivity index (χ0v) is 13.7. The van der Waals surface area contributed by atoms with Crippen LogP contribution in [0.3, 0.4) is 0 Å². The van der Waals surface area contributed by atoms with Crippen molar-refractivity contribution in [2.45, 2.75) is 46.1 Å². The molecule has 2 fully saturated rings. The van der Waals surface area contributed by atoms with E-state index in [-0.39, 0.29) is 5.91 Å². The van der Waals surface area contributed by atoms with Crippen LogP contribution in [0.1, 0.15) is 44.0 Å². The van der Waals surface area contributed by atoms with Crippen LogP contribution in [0.4, 0.5) is 0 Å². The Balaban J connectivity index is 1.70. The maximum Gasteiger partial charge on any atom is 0.222 e. The van der Waals surface area contributed by atoms with Crippen LogP contribution < -0.4 is 0 Å². The Morgan fingerprint density at radius 3 is 2.82 bits per heavy atom. The number of rotatable bonds is 3. The molecular weight excluding hydrogens is 276 g/mol. The highest BCUT2D eigenvalue weighted by molar-refractivity contribution is 5.77. The van der Waals surface area contributed by atoms with Gasteiger partial charge in [-0.3, -0.25) is 14.8 Å². The SMILES string of the molecule is CCN1CCC[C@]2(CCC(=O)N(Cc3cnc(C)cn3)C2)C1. The molecule has 0 saturated carbocycles. The minimum atomic E-state index is 0.265. The third-order valence-electron chi connectivity index (χ3n) is 5.12. The average Bonchev–Trinajstić information content (AvgIpc) is 2.53. The summed E-state index contributed by atoms with van der Waals surface area (Å²) in [5, 5.41) is 0. The Bertz CT molecular complexity index is 530. The molecule has 1 amide bonds. The van der Waals surface area contributed by atoms with E-state index in [1.54, 1.807) is 12.4 Å². The van der Waals surface area contributed by atoms with E-state index in [0.717, 1.165) is 37.4 Å². The maximum absolute atomic E-state index is 12.3. The number of amides is 1. The van der Waals surface area contributed by atoms with Crippen LogP contribution in [-0.2, 0) is 11.3 Å². The zero-order valence-electron chi connectivity index (χ0n) is 13.7. The lowest BCUT2D eigenvalue weighted by Crippen LogP contribution is -2.53. The number of carbonyl (C=O) groups is 1. The fourth-order valence-corrected chi connectivity index (χ4v) is 3.86. The van der Waals surface area contributed by atoms with E-state index in [1.165, 1.54) is 19.4 Å². The second-order valence-electron chi connectivity index (χ2n) is 6.87. The van der Waals surface area contributed by atoms with Gasteiger partial charge < -0.3 is 9.80 Å². The lowest BCUT2D eigenvalue weighted by molar-refractivity contribution is -0.140. The third kappa shape index (κ3) is 3.29. The van der Waals surface area contributed by atoms with Crippen molar-refractivity contribution in [3.05, 3.63) is 23.8 Å². The highest BCUT2D eigenvalue weighted by atomic mass is 16.2. The van der Waals surface area contributed by atoms with Crippen LogP contribution in [0.25, 0.3) is 0 Å². The Labute approximate surface area is 132 Å². The molecule has 2 saturated heterocycles. The molecule has 3 heterocycles. The molecule has 2 aliphatic rings. The van der Waals surface area contributed by atoms with Gasteiger partial charge in [-0.15, -0.1) is 0 Å². The van der Waals surface area contributed by atoms with Gasteiger partial charge in [0.05, 0.1) is 24.1 Å². The van der Waals surface area contributed by atoms with E-state index in [1.807, 2.05) is 11.8 Å². The van der Waals surface area contributed by atoms with E-state index in [9.17, 15) is 4.79 Å². The Morgan fingerprint density at radius 1 is 1.23 bits per heavy atom. The van der Waals surface area contributed by atoms with Crippen molar-refractivity contribution in [2.75, 3.05) is 26.2 Å². The number of aryl methyl sites for hydroxylation is 1. The number of carbonyl (C=O) groups excluding carboxylic acids is 1. The van der Waals surface area contributed by atoms with Crippen LogP contribution in [0, 0.1) is 12.3 Å². The van der Waals surface area contributed by atoms with Crippen molar-refractivity contribution in [3.8, 4) is 0 Å². The van der Waals surface area contributed by atoms with Gasteiger partial charge in [0, 0.05) is 31.1 Å². The van der Waals surface area contributed by atoms with Crippen LogP contribution in [-0.4, -0.2) is 51.9 Å². The number of hydrogen-bond donors (Lipinski definition) is 0. The number of aromatic nitrogens is 2. The molecule has 0 aliphatic carbocycles. The first-order valence-corrected chi connectivity index (χ1v) is 8.38. The lowest BCUT2D eigenvalue weighted by Gasteiger charge is -2.48. The molecule has 22 heavy (non-hydrogen) atoms. The van der Waals surface area contributed by atoms with E-state index in [4.69, 9.17) is 0 Å². The Hall–Kier alpha value is -1.49. The van der Waals surface area contributed by atoms with Crippen LogP contribution in [0.15, 0.2) is 12.4 Å². The second kappa shape index (κ2) is 6.32. The van der Waals surface area contributed by atoms with Crippen molar-refractivity contribution < 1.29 is 4.79 Å². The molecule has 120 valence electrons. The summed E-state index contributed by atoms with van der Waals surface area (Å²) in [4.78, 5) is 25.5. The molecule has 5 heteroatoms. The summed E-state index contributed by atoms with van der Waals surface area (Å²) in [5.74, 6) is 0.265. The summed E-state index contributed by atoms with van der Waals surface area (Å²) < 4.78 is 0. The highest BCUT2D eigenvalue weighted by Crippen LogP contribution is 2.39. The minimum absolute atomic E-state index is 0.265. The maximum atomic E-state index is 12.3. The van der Waals surface area contributed by atoms with Gasteiger partial charge in [-0.05, 0) is 39.3 Å². The predicted octanol–water partition coefficient (Wildman–Crippen LogP) is 2.01. The summed E-state index contributed by atoms with van der Waals surface area (Å²) in [7, 11) is 0. The monoisotopic (exact) mass is 302 g/mol. The molecule has 0 radical (unpaired) electrons. The largest absolute Gasteiger partial charge is 0.336 e. The molecule has 3 rings (SSSR count). The quantitative estimate of drug-likeness (QED) is 0.857. The summed E-state index contributed by atoms with van der Waals surface area (Å²) >= 11 is 0. The normalized spacial score (nSPS) is 26.6. The molecule has 0 aromatic carbocycles. The Kier molecular flexibility index (Phi) is 4.43. The first-order valence-electron chi connectivity index (χ1n) is 8.38. The molecule has 2 aliphatic heterocycles. The van der Waals surface area contributed by atoms with Crippen molar-refractivity contribution in [2.24, 2.45) is 5.41 Å². The van der Waals surface area contributed by atoms with Gasteiger partial charge in [0.2, 0.25) is 5.91 Å². The number of hydrogen-bond acceptors (Lipinski definition) is 4. The second-order valence-corrected chi connectivity index (χ2v) is 6.87. The van der Waals surface area contributed by atoms with Gasteiger partial charge in [-0.1, -0.05) is 6.92 Å². The molecule has 0 bridgehead atoms. The van der Waals surface area contributed by atoms with E-state index >= 15 is 0 Å². The van der Waals surface area contributed by atoms with Crippen molar-refractivity contribution in [1.82, 2.24) is 19.8 Å². The van der Waals surface area contributed by atoms with Gasteiger partial charge >= 0.3 is 0 Å². The zero-order chi connectivity index (χ0) is 15.6. The van der Waals surface area contributed by atoms with E-state index in [0.29, 0.717) is 18.4 Å². The number of piperidine rings is 2. The van der Waals surface area contributed by atoms with Crippen LogP contribution in [0.2, 0.25) is 0 Å². The average molecular weight is 302 g/mol. The predicted molar refractivity (Wildman–Crippen MR) is 85.2 cm³/mol. The van der Waals surface area contributed by atoms with Gasteiger partial charge in [0.1, 0.15) is 0 Å². The molecule has 5 nitrogen and oxygen atoms in total. The molecule has 1 spiro atoms. The molecule has 0 N–H and O–H groups in total. The summed E-state index contributed by atoms with van der Waals surface area (Å²) in [6.45, 7) is 9.07. The molecule has 0 unspecified atom stereocenters.